The number of nitrogens with zero attached hydrogens (tertiary/aromatic N) is 2. The van der Waals surface area contributed by atoms with Crippen LogP contribution in [0.25, 0.3) is 0 Å². The van der Waals surface area contributed by atoms with Gasteiger partial charge in [-0.3, -0.25) is 0 Å². The van der Waals surface area contributed by atoms with Crippen molar-refractivity contribution in [1.29, 1.82) is 0 Å². The highest BCUT2D eigenvalue weighted by molar-refractivity contribution is 14.0. The molecule has 3 rings (SSSR count). The molecule has 1 aliphatic carbocycles. The van der Waals surface area contributed by atoms with Gasteiger partial charge in [0.05, 0.1) is 18.5 Å². The summed E-state index contributed by atoms with van der Waals surface area (Å²) in [7, 11) is 0. The molecule has 0 bridgehead atoms. The van der Waals surface area contributed by atoms with Gasteiger partial charge in [-0.1, -0.05) is 38.3 Å². The molecule has 2 N–H and O–H groups in total. The van der Waals surface area contributed by atoms with Crippen molar-refractivity contribution in [1.82, 2.24) is 15.8 Å². The first-order valence-electron chi connectivity index (χ1n) is 10.3. The van der Waals surface area contributed by atoms with E-state index >= 15 is 0 Å². The van der Waals surface area contributed by atoms with Crippen molar-refractivity contribution in [3.63, 3.8) is 0 Å². The fourth-order valence-corrected chi connectivity index (χ4v) is 3.63. The molecule has 0 aromatic carbocycles. The van der Waals surface area contributed by atoms with Crippen LogP contribution < -0.4 is 10.6 Å². The molecule has 0 unspecified atom stereocenters. The smallest absolute Gasteiger partial charge is 0.191 e. The van der Waals surface area contributed by atoms with E-state index in [1.807, 2.05) is 12.1 Å². The molecular formula is C21H33IN4O2. The fourth-order valence-electron chi connectivity index (χ4n) is 3.63. The number of furan rings is 1. The lowest BCUT2D eigenvalue weighted by Crippen LogP contribution is -2.44. The molecular weight excluding hydrogens is 467 g/mol. The van der Waals surface area contributed by atoms with Crippen LogP contribution in [0, 0.1) is 0 Å². The Morgan fingerprint density at radius 1 is 1.21 bits per heavy atom. The normalized spacial score (nSPS) is 15.3. The minimum Gasteiger partial charge on any atom is -0.469 e. The molecule has 7 heteroatoms. The summed E-state index contributed by atoms with van der Waals surface area (Å²) in [6.45, 7) is 5.58. The average Bonchev–Trinajstić information content (AvgIpc) is 3.36. The molecule has 0 amide bonds. The first-order valence-corrected chi connectivity index (χ1v) is 10.3. The van der Waals surface area contributed by atoms with E-state index in [1.54, 1.807) is 6.26 Å². The quantitative estimate of drug-likeness (QED) is 0.314. The van der Waals surface area contributed by atoms with Crippen LogP contribution in [-0.2, 0) is 25.8 Å². The molecule has 1 saturated carbocycles. The van der Waals surface area contributed by atoms with Gasteiger partial charge in [-0.25, -0.2) is 4.99 Å². The summed E-state index contributed by atoms with van der Waals surface area (Å²) in [4.78, 5) is 4.86. The van der Waals surface area contributed by atoms with Crippen LogP contribution >= 0.6 is 24.0 Å². The standard InChI is InChI=1S/C21H32N4O2.HI/c1-3-19-18(20(4-2)27-25-19)15-23-21(24-16-9-6-5-7-10-16)22-13-12-17-11-8-14-26-17;/h8,11,14,16H,3-7,9-10,12-13,15H2,1-2H3,(H2,22,23,24);1H. The third-order valence-electron chi connectivity index (χ3n) is 5.19. The van der Waals surface area contributed by atoms with Gasteiger partial charge in [0.15, 0.2) is 5.96 Å². The minimum absolute atomic E-state index is 0. The first-order chi connectivity index (χ1) is 13.3. The molecule has 1 aliphatic rings. The van der Waals surface area contributed by atoms with E-state index in [9.17, 15) is 0 Å². The SMILES string of the molecule is CCc1noc(CC)c1CN=C(NCCc1ccco1)NC1CCCCC1.I. The maximum absolute atomic E-state index is 5.48. The van der Waals surface area contributed by atoms with E-state index in [0.717, 1.165) is 54.5 Å². The number of rotatable bonds is 8. The number of halogens is 1. The van der Waals surface area contributed by atoms with Crippen LogP contribution in [0.1, 0.15) is 68.7 Å². The summed E-state index contributed by atoms with van der Waals surface area (Å²) >= 11 is 0. The van der Waals surface area contributed by atoms with Gasteiger partial charge in [-0.05, 0) is 31.4 Å². The van der Waals surface area contributed by atoms with Gasteiger partial charge < -0.3 is 19.6 Å². The number of nitrogens with one attached hydrogen (secondary N) is 2. The molecule has 0 saturated heterocycles. The molecule has 2 heterocycles. The number of aliphatic imine (C=N–C) groups is 1. The van der Waals surface area contributed by atoms with Crippen molar-refractivity contribution < 1.29 is 8.94 Å². The highest BCUT2D eigenvalue weighted by atomic mass is 127. The zero-order valence-corrected chi connectivity index (χ0v) is 19.3. The van der Waals surface area contributed by atoms with Gasteiger partial charge >= 0.3 is 0 Å². The van der Waals surface area contributed by atoms with Gasteiger partial charge in [-0.2, -0.15) is 0 Å². The van der Waals surface area contributed by atoms with E-state index in [4.69, 9.17) is 13.9 Å². The van der Waals surface area contributed by atoms with Gasteiger partial charge in [0.1, 0.15) is 11.5 Å². The maximum Gasteiger partial charge on any atom is 0.191 e. The molecule has 0 spiro atoms. The summed E-state index contributed by atoms with van der Waals surface area (Å²) in [6.07, 6.45) is 10.6. The third-order valence-corrected chi connectivity index (χ3v) is 5.19. The van der Waals surface area contributed by atoms with E-state index in [2.05, 4.69) is 29.6 Å². The second-order valence-electron chi connectivity index (χ2n) is 7.14. The molecule has 0 aliphatic heterocycles. The lowest BCUT2D eigenvalue weighted by molar-refractivity contribution is 0.380. The Morgan fingerprint density at radius 2 is 2.04 bits per heavy atom. The summed E-state index contributed by atoms with van der Waals surface area (Å²) in [5.74, 6) is 2.81. The average molecular weight is 500 g/mol. The fraction of sp³-hybridized carbons (Fsp3) is 0.619. The van der Waals surface area contributed by atoms with Crippen LogP contribution in [-0.4, -0.2) is 23.7 Å². The summed E-state index contributed by atoms with van der Waals surface area (Å²) < 4.78 is 10.9. The lowest BCUT2D eigenvalue weighted by Gasteiger charge is -2.25. The van der Waals surface area contributed by atoms with E-state index in [-0.39, 0.29) is 24.0 Å². The number of aryl methyl sites for hydroxylation is 2. The molecule has 1 fully saturated rings. The van der Waals surface area contributed by atoms with Crippen molar-refractivity contribution in [3.05, 3.63) is 41.2 Å². The molecule has 6 nitrogen and oxygen atoms in total. The predicted molar refractivity (Wildman–Crippen MR) is 122 cm³/mol. The van der Waals surface area contributed by atoms with Crippen LogP contribution in [0.5, 0.6) is 0 Å². The van der Waals surface area contributed by atoms with Gasteiger partial charge in [-0.15, -0.1) is 24.0 Å². The van der Waals surface area contributed by atoms with Crippen LogP contribution in [0.15, 0.2) is 32.3 Å². The Morgan fingerprint density at radius 3 is 2.71 bits per heavy atom. The first kappa shape index (κ1) is 22.8. The minimum atomic E-state index is 0. The Bertz CT molecular complexity index is 685. The maximum atomic E-state index is 5.48. The number of guanidine groups is 1. The Balaban J connectivity index is 0.00000280. The van der Waals surface area contributed by atoms with Crippen molar-refractivity contribution in [2.75, 3.05) is 6.54 Å². The summed E-state index contributed by atoms with van der Waals surface area (Å²) in [6, 6.07) is 4.44. The third kappa shape index (κ3) is 6.53. The number of hydrogen-bond acceptors (Lipinski definition) is 4. The zero-order valence-electron chi connectivity index (χ0n) is 17.0. The molecule has 28 heavy (non-hydrogen) atoms. The van der Waals surface area contributed by atoms with Crippen LogP contribution in [0.2, 0.25) is 0 Å². The highest BCUT2D eigenvalue weighted by Crippen LogP contribution is 2.18. The summed E-state index contributed by atoms with van der Waals surface area (Å²) in [5.41, 5.74) is 2.15. The molecule has 156 valence electrons. The van der Waals surface area contributed by atoms with Crippen LogP contribution in [0.3, 0.4) is 0 Å². The predicted octanol–water partition coefficient (Wildman–Crippen LogP) is 4.62. The monoisotopic (exact) mass is 500 g/mol. The molecule has 0 radical (unpaired) electrons. The van der Waals surface area contributed by atoms with Crippen molar-refractivity contribution in [3.8, 4) is 0 Å². The molecule has 2 aromatic rings. The van der Waals surface area contributed by atoms with E-state index < -0.39 is 0 Å². The second-order valence-corrected chi connectivity index (χ2v) is 7.14. The van der Waals surface area contributed by atoms with E-state index in [0.29, 0.717) is 12.6 Å². The Hall–Kier alpha value is -1.51. The second kappa shape index (κ2) is 12.1. The van der Waals surface area contributed by atoms with Gasteiger partial charge in [0.25, 0.3) is 0 Å². The Labute approximate surface area is 184 Å². The van der Waals surface area contributed by atoms with Crippen molar-refractivity contribution in [2.45, 2.75) is 77.8 Å². The lowest BCUT2D eigenvalue weighted by atomic mass is 9.96. The van der Waals surface area contributed by atoms with Crippen molar-refractivity contribution >= 4 is 29.9 Å². The summed E-state index contributed by atoms with van der Waals surface area (Å²) in [5, 5.41) is 11.3. The van der Waals surface area contributed by atoms with E-state index in [1.165, 1.54) is 32.1 Å². The molecule has 0 atom stereocenters. The zero-order chi connectivity index (χ0) is 18.9. The highest BCUT2D eigenvalue weighted by Gasteiger charge is 2.16. The van der Waals surface area contributed by atoms with Gasteiger partial charge in [0.2, 0.25) is 0 Å². The van der Waals surface area contributed by atoms with Crippen molar-refractivity contribution in [2.24, 2.45) is 4.99 Å². The number of hydrogen-bond donors (Lipinski definition) is 2. The largest absolute Gasteiger partial charge is 0.469 e. The van der Waals surface area contributed by atoms with Crippen LogP contribution in [0.4, 0.5) is 0 Å². The van der Waals surface area contributed by atoms with Gasteiger partial charge in [0, 0.05) is 31.0 Å². The topological polar surface area (TPSA) is 75.6 Å². The molecule has 2 aromatic heterocycles. The Kier molecular flexibility index (Phi) is 9.87. The number of aromatic nitrogens is 1.